The summed E-state index contributed by atoms with van der Waals surface area (Å²) in [4.78, 5) is 0. The molecule has 0 N–H and O–H groups in total. The summed E-state index contributed by atoms with van der Waals surface area (Å²) in [6.45, 7) is 10.2. The van der Waals surface area contributed by atoms with Crippen LogP contribution in [0.2, 0.25) is 0 Å². The van der Waals surface area contributed by atoms with Gasteiger partial charge < -0.3 is 0 Å². The summed E-state index contributed by atoms with van der Waals surface area (Å²) >= 11 is 0. The molecule has 0 aliphatic rings. The fraction of sp³-hybridized carbons (Fsp3) is 0.840. The third kappa shape index (κ3) is 21.5. The molecule has 0 amide bonds. The topological polar surface area (TPSA) is 0 Å². The van der Waals surface area contributed by atoms with Gasteiger partial charge in [0, 0.05) is 12.8 Å². The number of hydrogen-bond donors (Lipinski definition) is 0. The van der Waals surface area contributed by atoms with E-state index in [0.29, 0.717) is 0 Å². The van der Waals surface area contributed by atoms with Gasteiger partial charge in [-0.25, -0.2) is 0 Å². The van der Waals surface area contributed by atoms with Gasteiger partial charge in [0.25, 0.3) is 0 Å². The summed E-state index contributed by atoms with van der Waals surface area (Å²) in [6, 6.07) is 0. The highest BCUT2D eigenvalue weighted by Gasteiger charge is 2.01. The van der Waals surface area contributed by atoms with E-state index in [-0.39, 0.29) is 0 Å². The third-order valence-electron chi connectivity index (χ3n) is 5.12. The second-order valence-corrected chi connectivity index (χ2v) is 7.84. The molecule has 0 rings (SSSR count). The molecular weight excluding hydrogens is 300 g/mol. The lowest BCUT2D eigenvalue weighted by molar-refractivity contribution is 0.437. The summed E-state index contributed by atoms with van der Waals surface area (Å²) in [5.74, 6) is 7.54. The van der Waals surface area contributed by atoms with Gasteiger partial charge in [-0.1, -0.05) is 117 Å². The van der Waals surface area contributed by atoms with Crippen LogP contribution in [0.3, 0.4) is 0 Å². The van der Waals surface area contributed by atoms with E-state index in [9.17, 15) is 0 Å². The van der Waals surface area contributed by atoms with Crippen LogP contribution in [0.15, 0.2) is 0 Å². The molecule has 0 saturated carbocycles. The number of hydrogen-bond acceptors (Lipinski definition) is 0. The average Bonchev–Trinajstić information content (AvgIpc) is 2.61. The van der Waals surface area contributed by atoms with E-state index >= 15 is 0 Å². The van der Waals surface area contributed by atoms with Crippen molar-refractivity contribution < 1.29 is 0 Å². The highest BCUT2D eigenvalue weighted by atomic mass is 14.1. The van der Waals surface area contributed by atoms with Crippen LogP contribution in [0, 0.1) is 31.6 Å². The number of unbranched alkanes of at least 4 members (excludes halogenated alkanes) is 14. The molecule has 146 valence electrons. The molecule has 0 aliphatic heterocycles. The van der Waals surface area contributed by atoms with E-state index in [4.69, 9.17) is 0 Å². The van der Waals surface area contributed by atoms with Gasteiger partial charge in [0.2, 0.25) is 0 Å². The number of rotatable bonds is 18. The van der Waals surface area contributed by atoms with Crippen molar-refractivity contribution in [1.29, 1.82) is 0 Å². The first-order valence-electron chi connectivity index (χ1n) is 11.4. The van der Waals surface area contributed by atoms with E-state index in [1.54, 1.807) is 0 Å². The summed E-state index contributed by atoms with van der Waals surface area (Å²) in [7, 11) is 0. The van der Waals surface area contributed by atoms with Crippen LogP contribution in [-0.4, -0.2) is 0 Å². The molecule has 0 aromatic carbocycles. The summed E-state index contributed by atoms with van der Waals surface area (Å²) in [5, 5.41) is 0. The molecule has 0 aromatic heterocycles. The lowest BCUT2D eigenvalue weighted by atomic mass is 9.96. The zero-order chi connectivity index (χ0) is 18.4. The molecule has 2 radical (unpaired) electrons. The van der Waals surface area contributed by atoms with Crippen LogP contribution in [0.4, 0.5) is 0 Å². The molecule has 0 bridgehead atoms. The zero-order valence-electron chi connectivity index (χ0n) is 17.4. The largest absolute Gasteiger partial charge is 0.103 e. The van der Waals surface area contributed by atoms with Crippen molar-refractivity contribution >= 4 is 0 Å². The molecule has 0 aliphatic carbocycles. The molecule has 1 unspecified atom stereocenters. The maximum absolute atomic E-state index is 3.92. The Labute approximate surface area is 160 Å². The average molecular weight is 347 g/mol. The Morgan fingerprint density at radius 1 is 0.520 bits per heavy atom. The standard InChI is InChI=1S/C25H46/c1-4-6-8-9-10-11-12-13-14-15-16-17-18-19-20-22-24-25(3)23-21-7-5-2/h25H,1-2,4-9,12-24H2,3H3. The van der Waals surface area contributed by atoms with Crippen LogP contribution in [0.25, 0.3) is 0 Å². The van der Waals surface area contributed by atoms with Gasteiger partial charge in [0.05, 0.1) is 0 Å². The summed E-state index contributed by atoms with van der Waals surface area (Å²) in [5.41, 5.74) is 0. The molecule has 0 spiro atoms. The Morgan fingerprint density at radius 2 is 0.880 bits per heavy atom. The van der Waals surface area contributed by atoms with E-state index in [1.165, 1.54) is 96.3 Å². The Hall–Kier alpha value is -0.440. The van der Waals surface area contributed by atoms with Gasteiger partial charge in [-0.3, -0.25) is 0 Å². The minimum absolute atomic E-state index is 0.929. The van der Waals surface area contributed by atoms with Crippen molar-refractivity contribution in [3.8, 4) is 11.8 Å². The normalized spacial score (nSPS) is 12.0. The fourth-order valence-electron chi connectivity index (χ4n) is 3.32. The minimum atomic E-state index is 0.929. The SMILES string of the molecule is [CH2]CCCCC#CCCCCCCCCCCCC(C)CCCC[CH2]. The first-order chi connectivity index (χ1) is 12.3. The van der Waals surface area contributed by atoms with Crippen molar-refractivity contribution in [2.75, 3.05) is 0 Å². The molecular formula is C25H46. The summed E-state index contributed by atoms with van der Waals surface area (Å²) < 4.78 is 0. The van der Waals surface area contributed by atoms with Gasteiger partial charge >= 0.3 is 0 Å². The molecule has 0 fully saturated rings. The van der Waals surface area contributed by atoms with Gasteiger partial charge in [-0.05, 0) is 18.8 Å². The van der Waals surface area contributed by atoms with Crippen LogP contribution in [0.5, 0.6) is 0 Å². The van der Waals surface area contributed by atoms with Gasteiger partial charge in [0.1, 0.15) is 0 Å². The van der Waals surface area contributed by atoms with Gasteiger partial charge in [0.15, 0.2) is 0 Å². The van der Waals surface area contributed by atoms with Crippen LogP contribution >= 0.6 is 0 Å². The first kappa shape index (κ1) is 24.6. The second-order valence-electron chi connectivity index (χ2n) is 7.84. The molecule has 0 heteroatoms. The Kier molecular flexibility index (Phi) is 21.2. The Morgan fingerprint density at radius 3 is 1.40 bits per heavy atom. The predicted molar refractivity (Wildman–Crippen MR) is 115 cm³/mol. The van der Waals surface area contributed by atoms with Crippen molar-refractivity contribution in [2.45, 2.75) is 129 Å². The maximum atomic E-state index is 3.92. The van der Waals surface area contributed by atoms with E-state index in [0.717, 1.165) is 31.6 Å². The van der Waals surface area contributed by atoms with E-state index in [1.807, 2.05) is 0 Å². The molecule has 0 saturated heterocycles. The smallest absolute Gasteiger partial charge is 0.00886 e. The van der Waals surface area contributed by atoms with Crippen molar-refractivity contribution in [3.05, 3.63) is 13.8 Å². The molecule has 25 heavy (non-hydrogen) atoms. The molecule has 0 nitrogen and oxygen atoms in total. The quantitative estimate of drug-likeness (QED) is 0.172. The zero-order valence-corrected chi connectivity index (χ0v) is 17.4. The minimum Gasteiger partial charge on any atom is -0.103 e. The van der Waals surface area contributed by atoms with Crippen LogP contribution in [-0.2, 0) is 0 Å². The molecule has 0 aromatic rings. The lowest BCUT2D eigenvalue weighted by Gasteiger charge is -2.10. The first-order valence-corrected chi connectivity index (χ1v) is 11.4. The third-order valence-corrected chi connectivity index (χ3v) is 5.12. The Bertz CT molecular complexity index is 293. The fourth-order valence-corrected chi connectivity index (χ4v) is 3.32. The molecule has 0 heterocycles. The van der Waals surface area contributed by atoms with E-state index in [2.05, 4.69) is 32.6 Å². The predicted octanol–water partition coefficient (Wildman–Crippen LogP) is 8.71. The van der Waals surface area contributed by atoms with Gasteiger partial charge in [-0.2, -0.15) is 0 Å². The maximum Gasteiger partial charge on any atom is 0.00886 e. The Balaban J connectivity index is 3.14. The lowest BCUT2D eigenvalue weighted by Crippen LogP contribution is -1.94. The second kappa shape index (κ2) is 21.6. The van der Waals surface area contributed by atoms with Crippen molar-refractivity contribution in [2.24, 2.45) is 5.92 Å². The molecule has 1 atom stereocenters. The highest BCUT2D eigenvalue weighted by molar-refractivity contribution is 4.98. The van der Waals surface area contributed by atoms with Crippen molar-refractivity contribution in [1.82, 2.24) is 0 Å². The van der Waals surface area contributed by atoms with Crippen LogP contribution in [0.1, 0.15) is 129 Å². The van der Waals surface area contributed by atoms with E-state index < -0.39 is 0 Å². The highest BCUT2D eigenvalue weighted by Crippen LogP contribution is 2.18. The monoisotopic (exact) mass is 346 g/mol. The van der Waals surface area contributed by atoms with Crippen LogP contribution < -0.4 is 0 Å². The van der Waals surface area contributed by atoms with Crippen molar-refractivity contribution in [3.63, 3.8) is 0 Å². The van der Waals surface area contributed by atoms with Gasteiger partial charge in [-0.15, -0.1) is 11.8 Å². The summed E-state index contributed by atoms with van der Waals surface area (Å²) in [6.07, 6.45) is 25.1.